The molecule has 0 saturated carbocycles. The third-order valence-electron chi connectivity index (χ3n) is 8.25. The van der Waals surface area contributed by atoms with Gasteiger partial charge in [0.1, 0.15) is 17.0 Å². The quantitative estimate of drug-likeness (QED) is 0.125. The Morgan fingerprint density at radius 1 is 0.711 bits per heavy atom. The number of nitrogens with zero attached hydrogens (tertiary/aromatic N) is 2. The maximum atomic E-state index is 8.74. The Bertz CT molecular complexity index is 2300. The summed E-state index contributed by atoms with van der Waals surface area (Å²) in [5, 5.41) is 15.9. The van der Waals surface area contributed by atoms with Crippen LogP contribution in [0.25, 0.3) is 54.6 Å². The Morgan fingerprint density at radius 3 is 2.16 bits per heavy atom. The minimum absolute atomic E-state index is 0.252. The summed E-state index contributed by atoms with van der Waals surface area (Å²) >= 11 is 0. The van der Waals surface area contributed by atoms with Gasteiger partial charge < -0.3 is 4.42 Å². The van der Waals surface area contributed by atoms with Gasteiger partial charge in [-0.2, -0.15) is 0 Å². The lowest BCUT2D eigenvalue weighted by Gasteiger charge is -2.12. The number of rotatable bonds is 4. The molecule has 0 aliphatic heterocycles. The van der Waals surface area contributed by atoms with E-state index < -0.39 is 0 Å². The lowest BCUT2D eigenvalue weighted by Crippen LogP contribution is -2.07. The first-order chi connectivity index (χ1) is 22.2. The van der Waals surface area contributed by atoms with Gasteiger partial charge in [-0.1, -0.05) is 117 Å². The van der Waals surface area contributed by atoms with Crippen molar-refractivity contribution < 1.29 is 4.42 Å². The number of fused-ring (bicyclic) bond motifs is 3. The molecule has 0 fully saturated rings. The largest absolute Gasteiger partial charge is 0.456 e. The highest BCUT2D eigenvalue weighted by molar-refractivity contribution is 6.33. The fourth-order valence-electron chi connectivity index (χ4n) is 6.16. The molecule has 4 heteroatoms. The molecule has 1 heterocycles. The van der Waals surface area contributed by atoms with Gasteiger partial charge in [0.15, 0.2) is 5.84 Å². The summed E-state index contributed by atoms with van der Waals surface area (Å²) in [6.45, 7) is 4.00. The van der Waals surface area contributed by atoms with E-state index in [-0.39, 0.29) is 5.84 Å². The van der Waals surface area contributed by atoms with Gasteiger partial charge in [0, 0.05) is 22.6 Å². The van der Waals surface area contributed by atoms with E-state index in [9.17, 15) is 0 Å². The van der Waals surface area contributed by atoms with E-state index in [0.717, 1.165) is 51.8 Å². The van der Waals surface area contributed by atoms with Crippen molar-refractivity contribution in [3.63, 3.8) is 0 Å². The van der Waals surface area contributed by atoms with Crippen LogP contribution < -0.4 is 0 Å². The SMILES string of the molecule is CC.N=C(N=C(N=Cc1ccccc1)c1cccc(-c2ccc3c(c2)c2cccc4oc5cccc3c5c42)c1)C1=CC=CCC1. The van der Waals surface area contributed by atoms with E-state index in [1.807, 2.05) is 80.7 Å². The first kappa shape index (κ1) is 28.2. The van der Waals surface area contributed by atoms with E-state index in [4.69, 9.17) is 19.8 Å². The lowest BCUT2D eigenvalue weighted by atomic mass is 9.92. The highest BCUT2D eigenvalue weighted by Crippen LogP contribution is 2.43. The van der Waals surface area contributed by atoms with Crippen LogP contribution in [0.5, 0.6) is 0 Å². The maximum Gasteiger partial charge on any atom is 0.161 e. The third-order valence-corrected chi connectivity index (χ3v) is 8.25. The van der Waals surface area contributed by atoms with Gasteiger partial charge in [0.2, 0.25) is 0 Å². The van der Waals surface area contributed by atoms with Crippen LogP contribution in [0.3, 0.4) is 0 Å². The molecule has 7 aromatic rings. The molecule has 4 nitrogen and oxygen atoms in total. The molecule has 0 radical (unpaired) electrons. The van der Waals surface area contributed by atoms with Crippen LogP contribution in [0.1, 0.15) is 37.8 Å². The summed E-state index contributed by atoms with van der Waals surface area (Å²) in [6.07, 6.45) is 9.64. The topological polar surface area (TPSA) is 61.7 Å². The van der Waals surface area contributed by atoms with Gasteiger partial charge in [-0.15, -0.1) is 0 Å². The van der Waals surface area contributed by atoms with Crippen molar-refractivity contribution in [3.05, 3.63) is 144 Å². The molecule has 0 spiro atoms. The van der Waals surface area contributed by atoms with Crippen LogP contribution in [-0.2, 0) is 0 Å². The number of allylic oxidation sites excluding steroid dienone is 3. The second kappa shape index (κ2) is 12.2. The van der Waals surface area contributed by atoms with E-state index in [0.29, 0.717) is 5.84 Å². The van der Waals surface area contributed by atoms with Crippen molar-refractivity contribution in [2.24, 2.45) is 9.98 Å². The summed E-state index contributed by atoms with van der Waals surface area (Å²) in [7, 11) is 0. The first-order valence-corrected chi connectivity index (χ1v) is 15.6. The minimum atomic E-state index is 0.252. The van der Waals surface area contributed by atoms with Crippen molar-refractivity contribution >= 4 is 61.4 Å². The highest BCUT2D eigenvalue weighted by Gasteiger charge is 2.17. The molecule has 0 amide bonds. The molecule has 1 aliphatic rings. The number of amidine groups is 2. The monoisotopic (exact) mass is 583 g/mol. The average molecular weight is 584 g/mol. The zero-order valence-electron chi connectivity index (χ0n) is 25.4. The maximum absolute atomic E-state index is 8.74. The van der Waals surface area contributed by atoms with Crippen LogP contribution in [0, 0.1) is 5.41 Å². The number of nitrogens with one attached hydrogen (secondary N) is 1. The standard InChI is InChI=1S/C39H27N3O.C2H6/c40-38(26-12-5-2-6-13-26)42-39(41-24-25-10-3-1-4-11-25)29-15-7-14-27(22-29)28-20-21-30-31-16-8-18-34-36(31)37-32(33(30)23-28)17-9-19-35(37)43-34;1-2/h1-5,7-12,14-24,40H,6,13H2;1-2H3. The van der Waals surface area contributed by atoms with Crippen LogP contribution in [-0.4, -0.2) is 17.9 Å². The molecule has 8 rings (SSSR count). The molecule has 0 bridgehead atoms. The smallest absolute Gasteiger partial charge is 0.161 e. The summed E-state index contributed by atoms with van der Waals surface area (Å²) in [5.74, 6) is 0.769. The molecule has 1 aromatic heterocycles. The van der Waals surface area contributed by atoms with Crippen LogP contribution in [0.4, 0.5) is 0 Å². The number of furan rings is 1. The fraction of sp³-hybridized carbons (Fsp3) is 0.0976. The zero-order valence-corrected chi connectivity index (χ0v) is 25.4. The van der Waals surface area contributed by atoms with Crippen molar-refractivity contribution in [2.45, 2.75) is 26.7 Å². The molecular formula is C41H33N3O. The van der Waals surface area contributed by atoms with Gasteiger partial charge in [-0.3, -0.25) is 5.41 Å². The summed E-state index contributed by atoms with van der Waals surface area (Å²) in [5.41, 5.74) is 6.79. The highest BCUT2D eigenvalue weighted by atomic mass is 16.3. The molecule has 1 aliphatic carbocycles. The van der Waals surface area contributed by atoms with Crippen molar-refractivity contribution in [3.8, 4) is 11.1 Å². The van der Waals surface area contributed by atoms with Gasteiger partial charge in [-0.25, -0.2) is 9.98 Å². The van der Waals surface area contributed by atoms with Gasteiger partial charge in [0.25, 0.3) is 0 Å². The Hall–Kier alpha value is -5.61. The van der Waals surface area contributed by atoms with Crippen LogP contribution in [0.2, 0.25) is 0 Å². The minimum Gasteiger partial charge on any atom is -0.456 e. The molecule has 0 unspecified atom stereocenters. The zero-order chi connectivity index (χ0) is 30.8. The average Bonchev–Trinajstić information content (AvgIpc) is 3.51. The van der Waals surface area contributed by atoms with Crippen molar-refractivity contribution in [1.82, 2.24) is 0 Å². The first-order valence-electron chi connectivity index (χ1n) is 15.6. The molecule has 218 valence electrons. The normalized spacial score (nSPS) is 13.6. The van der Waals surface area contributed by atoms with Gasteiger partial charge in [0.05, 0.1) is 0 Å². The fourth-order valence-corrected chi connectivity index (χ4v) is 6.16. The Labute approximate surface area is 262 Å². The number of aliphatic imine (C=N–C) groups is 2. The van der Waals surface area contributed by atoms with Crippen LogP contribution >= 0.6 is 0 Å². The van der Waals surface area contributed by atoms with Gasteiger partial charge in [-0.05, 0) is 80.9 Å². The number of benzene rings is 6. The number of hydrogen-bond acceptors (Lipinski definition) is 2. The van der Waals surface area contributed by atoms with E-state index in [2.05, 4.69) is 66.7 Å². The van der Waals surface area contributed by atoms with E-state index >= 15 is 0 Å². The van der Waals surface area contributed by atoms with Crippen molar-refractivity contribution in [2.75, 3.05) is 0 Å². The predicted octanol–water partition coefficient (Wildman–Crippen LogP) is 11.1. The Morgan fingerprint density at radius 2 is 1.42 bits per heavy atom. The predicted molar refractivity (Wildman–Crippen MR) is 191 cm³/mol. The van der Waals surface area contributed by atoms with E-state index in [1.165, 1.54) is 32.3 Å². The summed E-state index contributed by atoms with van der Waals surface area (Å²) in [4.78, 5) is 9.55. The van der Waals surface area contributed by atoms with Gasteiger partial charge >= 0.3 is 0 Å². The van der Waals surface area contributed by atoms with Crippen molar-refractivity contribution in [1.29, 1.82) is 5.41 Å². The Balaban J connectivity index is 0.00000160. The summed E-state index contributed by atoms with van der Waals surface area (Å²) < 4.78 is 6.22. The lowest BCUT2D eigenvalue weighted by molar-refractivity contribution is 0.669. The Kier molecular flexibility index (Phi) is 7.62. The van der Waals surface area contributed by atoms with E-state index in [1.54, 1.807) is 0 Å². The third kappa shape index (κ3) is 5.25. The molecule has 0 atom stereocenters. The number of hydrogen-bond donors (Lipinski definition) is 1. The second-order valence-electron chi connectivity index (χ2n) is 10.9. The summed E-state index contributed by atoms with van der Waals surface area (Å²) in [6, 6.07) is 37.6. The van der Waals surface area contributed by atoms with Crippen LogP contribution in [0.15, 0.2) is 147 Å². The molecule has 0 saturated heterocycles. The second-order valence-corrected chi connectivity index (χ2v) is 10.9. The molecule has 45 heavy (non-hydrogen) atoms. The molecular weight excluding hydrogens is 550 g/mol. The molecule has 6 aromatic carbocycles. The molecule has 1 N–H and O–H groups in total.